The zero-order valence-corrected chi connectivity index (χ0v) is 10.9. The van der Waals surface area contributed by atoms with Crippen LogP contribution in [0.15, 0.2) is 35.9 Å². The Labute approximate surface area is 112 Å². The molecule has 0 fully saturated rings. The molecule has 98 valence electrons. The topological polar surface area (TPSA) is 53.3 Å². The molecule has 2 rings (SSSR count). The summed E-state index contributed by atoms with van der Waals surface area (Å²) in [5.74, 6) is 0.605. The molecule has 1 aromatic rings. The minimum absolute atomic E-state index is 0.00295. The third-order valence-corrected chi connectivity index (χ3v) is 3.03. The molecule has 1 amide bonds. The average molecular weight is 256 g/mol. The first-order valence-electron chi connectivity index (χ1n) is 6.25. The number of nitrogens with zero attached hydrogens (tertiary/aromatic N) is 2. The Morgan fingerprint density at radius 3 is 2.79 bits per heavy atom. The van der Waals surface area contributed by atoms with E-state index in [1.807, 2.05) is 13.0 Å². The second-order valence-corrected chi connectivity index (χ2v) is 4.58. The molecule has 0 unspecified atom stereocenters. The summed E-state index contributed by atoms with van der Waals surface area (Å²) in [5, 5.41) is 8.68. The van der Waals surface area contributed by atoms with Crippen molar-refractivity contribution in [2.24, 2.45) is 0 Å². The molecule has 4 nitrogen and oxygen atoms in total. The number of carbonyl (C=O) groups is 1. The van der Waals surface area contributed by atoms with Gasteiger partial charge in [-0.05, 0) is 37.6 Å². The summed E-state index contributed by atoms with van der Waals surface area (Å²) >= 11 is 0. The molecule has 1 aliphatic heterocycles. The van der Waals surface area contributed by atoms with Crippen molar-refractivity contribution in [3.05, 3.63) is 41.5 Å². The van der Waals surface area contributed by atoms with E-state index in [1.54, 1.807) is 29.2 Å². The van der Waals surface area contributed by atoms with Gasteiger partial charge in [0.1, 0.15) is 5.75 Å². The molecule has 4 heteroatoms. The zero-order valence-electron chi connectivity index (χ0n) is 10.9. The van der Waals surface area contributed by atoms with Gasteiger partial charge in [-0.25, -0.2) is 0 Å². The first-order valence-corrected chi connectivity index (χ1v) is 6.25. The maximum Gasteiger partial charge on any atom is 0.260 e. The molecule has 0 aromatic heterocycles. The third-order valence-electron chi connectivity index (χ3n) is 3.03. The van der Waals surface area contributed by atoms with E-state index in [1.165, 1.54) is 5.57 Å². The molecule has 1 heterocycles. The van der Waals surface area contributed by atoms with Crippen molar-refractivity contribution in [1.29, 1.82) is 5.26 Å². The Bertz CT molecular complexity index is 526. The van der Waals surface area contributed by atoms with Gasteiger partial charge in [0, 0.05) is 13.1 Å². The Kier molecular flexibility index (Phi) is 4.19. The smallest absolute Gasteiger partial charge is 0.260 e. The lowest BCUT2D eigenvalue weighted by Crippen LogP contribution is -2.38. The fourth-order valence-corrected chi connectivity index (χ4v) is 1.99. The lowest BCUT2D eigenvalue weighted by Gasteiger charge is -2.26. The Morgan fingerprint density at radius 1 is 1.42 bits per heavy atom. The summed E-state index contributed by atoms with van der Waals surface area (Å²) < 4.78 is 5.44. The van der Waals surface area contributed by atoms with Gasteiger partial charge in [0.2, 0.25) is 0 Å². The summed E-state index contributed by atoms with van der Waals surface area (Å²) in [6.07, 6.45) is 3.07. The van der Waals surface area contributed by atoms with E-state index in [2.05, 4.69) is 6.08 Å². The first-order chi connectivity index (χ1) is 9.19. The lowest BCUT2D eigenvalue weighted by atomic mass is 10.1. The van der Waals surface area contributed by atoms with Gasteiger partial charge >= 0.3 is 0 Å². The van der Waals surface area contributed by atoms with E-state index in [0.29, 0.717) is 17.9 Å². The van der Waals surface area contributed by atoms with Crippen LogP contribution in [0, 0.1) is 11.3 Å². The fourth-order valence-electron chi connectivity index (χ4n) is 1.99. The average Bonchev–Trinajstić information content (AvgIpc) is 2.45. The standard InChI is InChI=1S/C15H16N2O2/c1-12-3-2-8-17(10-12)15(18)11-19-14-6-4-13(9-16)5-7-14/h3-7H,2,8,10-11H2,1H3. The van der Waals surface area contributed by atoms with E-state index in [4.69, 9.17) is 10.00 Å². The van der Waals surface area contributed by atoms with Gasteiger partial charge in [0.15, 0.2) is 6.61 Å². The normalized spacial score (nSPS) is 14.5. The minimum atomic E-state index is -0.00295. The van der Waals surface area contributed by atoms with Crippen LogP contribution in [0.4, 0.5) is 0 Å². The maximum atomic E-state index is 12.0. The van der Waals surface area contributed by atoms with E-state index >= 15 is 0 Å². The molecule has 1 aliphatic rings. The first kappa shape index (κ1) is 13.2. The summed E-state index contributed by atoms with van der Waals surface area (Å²) in [6.45, 7) is 3.52. The number of amides is 1. The van der Waals surface area contributed by atoms with Crippen LogP contribution < -0.4 is 4.74 Å². The van der Waals surface area contributed by atoms with Crippen LogP contribution in [0.3, 0.4) is 0 Å². The number of hydrogen-bond acceptors (Lipinski definition) is 3. The highest BCUT2D eigenvalue weighted by Gasteiger charge is 2.16. The van der Waals surface area contributed by atoms with Crippen LogP contribution in [-0.4, -0.2) is 30.5 Å². The second kappa shape index (κ2) is 6.05. The molecule has 0 atom stereocenters. The van der Waals surface area contributed by atoms with Crippen LogP contribution in [-0.2, 0) is 4.79 Å². The highest BCUT2D eigenvalue weighted by molar-refractivity contribution is 5.78. The molecule has 0 N–H and O–H groups in total. The van der Waals surface area contributed by atoms with Gasteiger partial charge in [-0.2, -0.15) is 5.26 Å². The van der Waals surface area contributed by atoms with E-state index in [9.17, 15) is 4.79 Å². The number of rotatable bonds is 3. The number of carbonyl (C=O) groups excluding carboxylic acids is 1. The lowest BCUT2D eigenvalue weighted by molar-refractivity contribution is -0.133. The van der Waals surface area contributed by atoms with Crippen LogP contribution in [0.25, 0.3) is 0 Å². The monoisotopic (exact) mass is 256 g/mol. The molecule has 0 aliphatic carbocycles. The van der Waals surface area contributed by atoms with Crippen LogP contribution in [0.1, 0.15) is 18.9 Å². The van der Waals surface area contributed by atoms with Crippen LogP contribution in [0.5, 0.6) is 5.75 Å². The van der Waals surface area contributed by atoms with Crippen LogP contribution in [0.2, 0.25) is 0 Å². The van der Waals surface area contributed by atoms with Crippen molar-refractivity contribution in [2.45, 2.75) is 13.3 Å². The Hall–Kier alpha value is -2.28. The van der Waals surface area contributed by atoms with Crippen molar-refractivity contribution in [3.63, 3.8) is 0 Å². The highest BCUT2D eigenvalue weighted by Crippen LogP contribution is 2.13. The number of nitriles is 1. The molecule has 0 saturated heterocycles. The van der Waals surface area contributed by atoms with Gasteiger partial charge in [0.05, 0.1) is 11.6 Å². The number of ether oxygens (including phenoxy) is 1. The second-order valence-electron chi connectivity index (χ2n) is 4.58. The quantitative estimate of drug-likeness (QED) is 0.778. The largest absolute Gasteiger partial charge is 0.484 e. The number of hydrogen-bond donors (Lipinski definition) is 0. The summed E-state index contributed by atoms with van der Waals surface area (Å²) in [6, 6.07) is 8.79. The van der Waals surface area contributed by atoms with Gasteiger partial charge < -0.3 is 9.64 Å². The summed E-state index contributed by atoms with van der Waals surface area (Å²) in [7, 11) is 0. The van der Waals surface area contributed by atoms with Crippen molar-refractivity contribution in [2.75, 3.05) is 19.7 Å². The summed E-state index contributed by atoms with van der Waals surface area (Å²) in [4.78, 5) is 13.8. The fraction of sp³-hybridized carbons (Fsp3) is 0.333. The van der Waals surface area contributed by atoms with Gasteiger partial charge in [-0.3, -0.25) is 4.79 Å². The SMILES string of the molecule is CC1=CCCN(C(=O)COc2ccc(C#N)cc2)C1. The molecule has 0 radical (unpaired) electrons. The maximum absolute atomic E-state index is 12.0. The van der Waals surface area contributed by atoms with E-state index in [0.717, 1.165) is 13.0 Å². The molecule has 19 heavy (non-hydrogen) atoms. The van der Waals surface area contributed by atoms with Gasteiger partial charge in [-0.1, -0.05) is 11.6 Å². The zero-order chi connectivity index (χ0) is 13.7. The van der Waals surface area contributed by atoms with Gasteiger partial charge in [0.25, 0.3) is 5.91 Å². The third kappa shape index (κ3) is 3.59. The van der Waals surface area contributed by atoms with E-state index in [-0.39, 0.29) is 12.5 Å². The van der Waals surface area contributed by atoms with Crippen molar-refractivity contribution < 1.29 is 9.53 Å². The highest BCUT2D eigenvalue weighted by atomic mass is 16.5. The van der Waals surface area contributed by atoms with Crippen molar-refractivity contribution in [1.82, 2.24) is 4.90 Å². The molecule has 0 saturated carbocycles. The van der Waals surface area contributed by atoms with Crippen molar-refractivity contribution in [3.8, 4) is 11.8 Å². The summed E-state index contributed by atoms with van der Waals surface area (Å²) in [5.41, 5.74) is 1.80. The van der Waals surface area contributed by atoms with Gasteiger partial charge in [-0.15, -0.1) is 0 Å². The minimum Gasteiger partial charge on any atom is -0.484 e. The molecular weight excluding hydrogens is 240 g/mol. The van der Waals surface area contributed by atoms with Crippen LogP contribution >= 0.6 is 0 Å². The predicted molar refractivity (Wildman–Crippen MR) is 71.6 cm³/mol. The molecule has 1 aromatic carbocycles. The predicted octanol–water partition coefficient (Wildman–Crippen LogP) is 2.12. The Morgan fingerprint density at radius 2 is 2.16 bits per heavy atom. The molecule has 0 spiro atoms. The Balaban J connectivity index is 1.86. The van der Waals surface area contributed by atoms with Crippen molar-refractivity contribution >= 4 is 5.91 Å². The number of benzene rings is 1. The van der Waals surface area contributed by atoms with E-state index < -0.39 is 0 Å². The molecular formula is C15H16N2O2. The molecule has 0 bridgehead atoms.